The zero-order valence-corrected chi connectivity index (χ0v) is 17.9. The van der Waals surface area contributed by atoms with Crippen LogP contribution in [-0.4, -0.2) is 66.6 Å². The van der Waals surface area contributed by atoms with Crippen molar-refractivity contribution in [2.24, 2.45) is 0 Å². The van der Waals surface area contributed by atoms with E-state index >= 15 is 0 Å². The van der Waals surface area contributed by atoms with Crippen molar-refractivity contribution in [1.29, 1.82) is 0 Å². The molecule has 0 spiro atoms. The minimum atomic E-state index is -3.15. The third-order valence-electron chi connectivity index (χ3n) is 5.88. The molecule has 3 amide bonds. The van der Waals surface area contributed by atoms with E-state index in [-0.39, 0.29) is 36.4 Å². The number of rotatable bonds is 7. The summed E-state index contributed by atoms with van der Waals surface area (Å²) in [5.41, 5.74) is 1.76. The number of carbonyl (C=O) groups is 3. The lowest BCUT2D eigenvalue weighted by Gasteiger charge is -2.29. The zero-order chi connectivity index (χ0) is 22.0. The lowest BCUT2D eigenvalue weighted by molar-refractivity contribution is -0.133. The quantitative estimate of drug-likeness (QED) is 0.614. The second-order valence-electron chi connectivity index (χ2n) is 7.94. The summed E-state index contributed by atoms with van der Waals surface area (Å²) >= 11 is 0. The average molecular weight is 441 g/mol. The molecule has 0 radical (unpaired) electrons. The first-order valence-corrected chi connectivity index (χ1v) is 12.2. The van der Waals surface area contributed by atoms with Crippen LogP contribution in [-0.2, 0) is 21.1 Å². The summed E-state index contributed by atoms with van der Waals surface area (Å²) in [6.07, 6.45) is 0.989. The number of amides is 3. The van der Waals surface area contributed by atoms with E-state index < -0.39 is 21.7 Å². The van der Waals surface area contributed by atoms with Crippen molar-refractivity contribution >= 4 is 27.6 Å². The van der Waals surface area contributed by atoms with Gasteiger partial charge in [0, 0.05) is 25.6 Å². The van der Waals surface area contributed by atoms with Crippen LogP contribution in [0.1, 0.15) is 39.1 Å². The van der Waals surface area contributed by atoms with Crippen LogP contribution in [0.5, 0.6) is 0 Å². The Labute approximate surface area is 181 Å². The molecule has 2 aromatic rings. The number of nitrogens with zero attached hydrogens (tertiary/aromatic N) is 2. The monoisotopic (exact) mass is 440 g/mol. The molecule has 1 saturated heterocycles. The lowest BCUT2D eigenvalue weighted by atomic mass is 10.1. The molecule has 1 unspecified atom stereocenters. The maximum Gasteiger partial charge on any atom is 0.261 e. The summed E-state index contributed by atoms with van der Waals surface area (Å²) in [7, 11) is -3.15. The molecule has 162 valence electrons. The highest BCUT2D eigenvalue weighted by Crippen LogP contribution is 2.24. The van der Waals surface area contributed by atoms with E-state index in [1.165, 1.54) is 0 Å². The highest BCUT2D eigenvalue weighted by molar-refractivity contribution is 7.91. The fraction of sp³-hybridized carbons (Fsp3) is 0.348. The molecule has 8 heteroatoms. The van der Waals surface area contributed by atoms with Crippen LogP contribution in [0.25, 0.3) is 0 Å². The molecular formula is C23H24N2O5S. The van der Waals surface area contributed by atoms with Crippen LogP contribution in [0.2, 0.25) is 0 Å². The Morgan fingerprint density at radius 3 is 2.16 bits per heavy atom. The van der Waals surface area contributed by atoms with Gasteiger partial charge in [0.25, 0.3) is 11.8 Å². The number of benzene rings is 2. The first kappa shape index (κ1) is 21.2. The summed E-state index contributed by atoms with van der Waals surface area (Å²) in [4.78, 5) is 40.9. The van der Waals surface area contributed by atoms with Crippen molar-refractivity contribution < 1.29 is 22.8 Å². The minimum Gasteiger partial charge on any atom is -0.338 e. The standard InChI is InChI=1S/C23H24N2O5S/c26-21(11-14-25-22(27)19-8-4-5-9-20(19)23(25)28)24(18-12-15-31(29,30)16-18)13-10-17-6-2-1-3-7-17/h1-9,18H,10-16H2. The van der Waals surface area contributed by atoms with Crippen LogP contribution in [0.3, 0.4) is 0 Å². The van der Waals surface area contributed by atoms with Crippen LogP contribution in [0, 0.1) is 0 Å². The van der Waals surface area contributed by atoms with Crippen LogP contribution >= 0.6 is 0 Å². The van der Waals surface area contributed by atoms with Gasteiger partial charge >= 0.3 is 0 Å². The highest BCUT2D eigenvalue weighted by Gasteiger charge is 2.37. The van der Waals surface area contributed by atoms with Gasteiger partial charge in [-0.15, -0.1) is 0 Å². The van der Waals surface area contributed by atoms with Gasteiger partial charge in [-0.1, -0.05) is 42.5 Å². The lowest BCUT2D eigenvalue weighted by Crippen LogP contribution is -2.44. The third kappa shape index (κ3) is 4.54. The maximum absolute atomic E-state index is 13.1. The molecule has 1 atom stereocenters. The van der Waals surface area contributed by atoms with E-state index in [0.717, 1.165) is 10.5 Å². The summed E-state index contributed by atoms with van der Waals surface area (Å²) < 4.78 is 24.0. The van der Waals surface area contributed by atoms with E-state index in [9.17, 15) is 22.8 Å². The minimum absolute atomic E-state index is 0.0213. The predicted molar refractivity (Wildman–Crippen MR) is 115 cm³/mol. The molecule has 0 saturated carbocycles. The Morgan fingerprint density at radius 1 is 0.968 bits per heavy atom. The second-order valence-corrected chi connectivity index (χ2v) is 10.2. The predicted octanol–water partition coefficient (Wildman–Crippen LogP) is 1.93. The Bertz CT molecular complexity index is 1080. The van der Waals surface area contributed by atoms with Gasteiger partial charge in [-0.05, 0) is 30.5 Å². The summed E-state index contributed by atoms with van der Waals surface area (Å²) in [6, 6.07) is 15.9. The average Bonchev–Trinajstić information content (AvgIpc) is 3.24. The van der Waals surface area contributed by atoms with E-state index in [0.29, 0.717) is 30.5 Å². The summed E-state index contributed by atoms with van der Waals surface area (Å²) in [5, 5.41) is 0. The molecule has 7 nitrogen and oxygen atoms in total. The molecule has 1 fully saturated rings. The molecular weight excluding hydrogens is 416 g/mol. The summed E-state index contributed by atoms with van der Waals surface area (Å²) in [5.74, 6) is -0.999. The molecule has 2 aliphatic heterocycles. The van der Waals surface area contributed by atoms with Gasteiger partial charge in [-0.3, -0.25) is 19.3 Å². The first-order chi connectivity index (χ1) is 14.9. The van der Waals surface area contributed by atoms with Gasteiger partial charge in [-0.25, -0.2) is 8.42 Å². The Kier molecular flexibility index (Phi) is 5.91. The molecule has 0 bridgehead atoms. The molecule has 31 heavy (non-hydrogen) atoms. The van der Waals surface area contributed by atoms with E-state index in [2.05, 4.69) is 0 Å². The number of fused-ring (bicyclic) bond motifs is 1. The van der Waals surface area contributed by atoms with E-state index in [1.54, 1.807) is 29.2 Å². The maximum atomic E-state index is 13.1. The molecule has 2 aliphatic rings. The van der Waals surface area contributed by atoms with Gasteiger partial charge in [0.2, 0.25) is 5.91 Å². The van der Waals surface area contributed by atoms with Crippen LogP contribution in [0.4, 0.5) is 0 Å². The van der Waals surface area contributed by atoms with E-state index in [1.807, 2.05) is 30.3 Å². The molecule has 0 aromatic heterocycles. The van der Waals surface area contributed by atoms with Crippen molar-refractivity contribution in [3.05, 3.63) is 71.3 Å². The second kappa shape index (κ2) is 8.63. The molecule has 0 aliphatic carbocycles. The molecule has 0 N–H and O–H groups in total. The normalized spacial score (nSPS) is 19.5. The van der Waals surface area contributed by atoms with Gasteiger partial charge < -0.3 is 4.90 Å². The smallest absolute Gasteiger partial charge is 0.261 e. The fourth-order valence-corrected chi connectivity index (χ4v) is 5.95. The van der Waals surface area contributed by atoms with Crippen LogP contribution < -0.4 is 0 Å². The van der Waals surface area contributed by atoms with Gasteiger partial charge in [0.05, 0.1) is 22.6 Å². The third-order valence-corrected chi connectivity index (χ3v) is 7.63. The number of carbonyl (C=O) groups excluding carboxylic acids is 3. The Hall–Kier alpha value is -3.00. The Morgan fingerprint density at radius 2 is 1.58 bits per heavy atom. The van der Waals surface area contributed by atoms with Crippen molar-refractivity contribution in [3.63, 3.8) is 0 Å². The van der Waals surface area contributed by atoms with Crippen LogP contribution in [0.15, 0.2) is 54.6 Å². The Balaban J connectivity index is 1.44. The number of sulfone groups is 1. The van der Waals surface area contributed by atoms with Gasteiger partial charge in [0.15, 0.2) is 9.84 Å². The van der Waals surface area contributed by atoms with Crippen molar-refractivity contribution in [1.82, 2.24) is 9.80 Å². The summed E-state index contributed by atoms with van der Waals surface area (Å²) in [6.45, 7) is 0.373. The number of hydrogen-bond donors (Lipinski definition) is 0. The number of imide groups is 1. The molecule has 4 rings (SSSR count). The molecule has 2 heterocycles. The first-order valence-electron chi connectivity index (χ1n) is 10.3. The van der Waals surface area contributed by atoms with Crippen molar-refractivity contribution in [2.75, 3.05) is 24.6 Å². The largest absolute Gasteiger partial charge is 0.338 e. The van der Waals surface area contributed by atoms with Crippen molar-refractivity contribution in [3.8, 4) is 0 Å². The topological polar surface area (TPSA) is 91.8 Å². The zero-order valence-electron chi connectivity index (χ0n) is 17.1. The van der Waals surface area contributed by atoms with E-state index in [4.69, 9.17) is 0 Å². The fourth-order valence-electron chi connectivity index (χ4n) is 4.22. The SMILES string of the molecule is O=C1c2ccccc2C(=O)N1CCC(=O)N(CCc1ccccc1)C1CCS(=O)(=O)C1. The molecule has 2 aromatic carbocycles. The van der Waals surface area contributed by atoms with Crippen molar-refractivity contribution in [2.45, 2.75) is 25.3 Å². The highest BCUT2D eigenvalue weighted by atomic mass is 32.2. The number of hydrogen-bond acceptors (Lipinski definition) is 5. The van der Waals surface area contributed by atoms with Gasteiger partial charge in [-0.2, -0.15) is 0 Å². The van der Waals surface area contributed by atoms with Gasteiger partial charge in [0.1, 0.15) is 0 Å².